The Labute approximate surface area is 128 Å². The van der Waals surface area contributed by atoms with Crippen molar-refractivity contribution < 1.29 is 9.90 Å². The average Bonchev–Trinajstić information content (AvgIpc) is 2.89. The van der Waals surface area contributed by atoms with Crippen molar-refractivity contribution in [1.82, 2.24) is 9.88 Å². The van der Waals surface area contributed by atoms with Crippen molar-refractivity contribution in [1.29, 1.82) is 0 Å². The van der Waals surface area contributed by atoms with Gasteiger partial charge in [-0.15, -0.1) is 0 Å². The average molecular weight is 307 g/mol. The maximum absolute atomic E-state index is 12.5. The molecule has 0 aliphatic carbocycles. The van der Waals surface area contributed by atoms with E-state index in [1.165, 1.54) is 0 Å². The standard InChI is InChI=1S/C16H19ClN2O2/c17-13-3-4-15-14(7-13)12(8-18-15)6-16(21)19-5-1-2-11(9-19)10-20/h3-4,7-8,11,18,20H,1-2,5-6,9-10H2. The van der Waals surface area contributed by atoms with Crippen LogP contribution < -0.4 is 0 Å². The molecule has 112 valence electrons. The number of likely N-dealkylation sites (tertiary alicyclic amines) is 1. The highest BCUT2D eigenvalue weighted by atomic mass is 35.5. The minimum Gasteiger partial charge on any atom is -0.396 e. The second kappa shape index (κ2) is 6.08. The summed E-state index contributed by atoms with van der Waals surface area (Å²) in [5.41, 5.74) is 1.97. The summed E-state index contributed by atoms with van der Waals surface area (Å²) >= 11 is 6.03. The number of halogens is 1. The molecular weight excluding hydrogens is 288 g/mol. The normalized spacial score (nSPS) is 19.1. The summed E-state index contributed by atoms with van der Waals surface area (Å²) in [6, 6.07) is 5.65. The molecule has 21 heavy (non-hydrogen) atoms. The van der Waals surface area contributed by atoms with E-state index in [1.54, 1.807) is 0 Å². The zero-order valence-corrected chi connectivity index (χ0v) is 12.6. The summed E-state index contributed by atoms with van der Waals surface area (Å²) in [5.74, 6) is 0.342. The Morgan fingerprint density at radius 3 is 3.14 bits per heavy atom. The van der Waals surface area contributed by atoms with E-state index in [9.17, 15) is 9.90 Å². The molecule has 1 amide bonds. The first-order valence-corrected chi connectivity index (χ1v) is 7.69. The third-order valence-corrected chi connectivity index (χ3v) is 4.44. The highest BCUT2D eigenvalue weighted by Crippen LogP contribution is 2.24. The van der Waals surface area contributed by atoms with Crippen LogP contribution in [0.3, 0.4) is 0 Å². The predicted octanol–water partition coefficient (Wildman–Crippen LogP) is 2.59. The SMILES string of the molecule is O=C(Cc1c[nH]c2ccc(Cl)cc12)N1CCCC(CO)C1. The van der Waals surface area contributed by atoms with Crippen LogP contribution in [0.1, 0.15) is 18.4 Å². The van der Waals surface area contributed by atoms with E-state index in [2.05, 4.69) is 4.98 Å². The Bertz CT molecular complexity index is 653. The summed E-state index contributed by atoms with van der Waals surface area (Å²) < 4.78 is 0. The van der Waals surface area contributed by atoms with Crippen LogP contribution in [0.5, 0.6) is 0 Å². The molecule has 1 unspecified atom stereocenters. The number of aliphatic hydroxyl groups excluding tert-OH is 1. The van der Waals surface area contributed by atoms with E-state index in [0.717, 1.165) is 35.9 Å². The highest BCUT2D eigenvalue weighted by molar-refractivity contribution is 6.31. The van der Waals surface area contributed by atoms with Gasteiger partial charge in [0.25, 0.3) is 0 Å². The van der Waals surface area contributed by atoms with Crippen molar-refractivity contribution in [2.24, 2.45) is 5.92 Å². The molecule has 4 nitrogen and oxygen atoms in total. The molecular formula is C16H19ClN2O2. The second-order valence-corrected chi connectivity index (χ2v) is 6.15. The third-order valence-electron chi connectivity index (χ3n) is 4.20. The van der Waals surface area contributed by atoms with Crippen molar-refractivity contribution in [3.8, 4) is 0 Å². The van der Waals surface area contributed by atoms with Crippen LogP contribution in [0, 0.1) is 5.92 Å². The summed E-state index contributed by atoms with van der Waals surface area (Å²) in [4.78, 5) is 17.5. The van der Waals surface area contributed by atoms with Gasteiger partial charge in [-0.1, -0.05) is 11.6 Å². The number of carbonyl (C=O) groups excluding carboxylic acids is 1. The fraction of sp³-hybridized carbons (Fsp3) is 0.438. The molecule has 0 radical (unpaired) electrons. The quantitative estimate of drug-likeness (QED) is 0.916. The molecule has 1 fully saturated rings. The molecule has 0 spiro atoms. The molecule has 2 heterocycles. The largest absolute Gasteiger partial charge is 0.396 e. The molecule has 1 atom stereocenters. The third kappa shape index (κ3) is 3.06. The Balaban J connectivity index is 1.75. The van der Waals surface area contributed by atoms with Crippen molar-refractivity contribution >= 4 is 28.4 Å². The maximum atomic E-state index is 12.5. The molecule has 2 aromatic rings. The number of amides is 1. The Morgan fingerprint density at radius 1 is 1.48 bits per heavy atom. The van der Waals surface area contributed by atoms with E-state index in [1.807, 2.05) is 29.3 Å². The van der Waals surface area contributed by atoms with E-state index in [-0.39, 0.29) is 18.4 Å². The lowest BCUT2D eigenvalue weighted by Gasteiger charge is -2.31. The lowest BCUT2D eigenvalue weighted by atomic mass is 9.98. The summed E-state index contributed by atoms with van der Waals surface area (Å²) in [6.45, 7) is 1.61. The van der Waals surface area contributed by atoms with Crippen LogP contribution in [-0.4, -0.2) is 40.6 Å². The number of hydrogen-bond donors (Lipinski definition) is 2. The monoisotopic (exact) mass is 306 g/mol. The zero-order valence-electron chi connectivity index (χ0n) is 11.8. The summed E-state index contributed by atoms with van der Waals surface area (Å²) in [5, 5.41) is 10.9. The molecule has 0 saturated carbocycles. The number of nitrogens with zero attached hydrogens (tertiary/aromatic N) is 1. The lowest BCUT2D eigenvalue weighted by molar-refractivity contribution is -0.132. The van der Waals surface area contributed by atoms with Crippen molar-refractivity contribution in [3.05, 3.63) is 35.0 Å². The van der Waals surface area contributed by atoms with Gasteiger partial charge in [0.05, 0.1) is 6.42 Å². The van der Waals surface area contributed by atoms with Gasteiger partial charge in [0.15, 0.2) is 0 Å². The smallest absolute Gasteiger partial charge is 0.227 e. The first kappa shape index (κ1) is 14.4. The molecule has 0 bridgehead atoms. The predicted molar refractivity (Wildman–Crippen MR) is 83.4 cm³/mol. The van der Waals surface area contributed by atoms with Gasteiger partial charge in [-0.3, -0.25) is 4.79 Å². The fourth-order valence-electron chi connectivity index (χ4n) is 3.01. The van der Waals surface area contributed by atoms with Gasteiger partial charge in [0.2, 0.25) is 5.91 Å². The van der Waals surface area contributed by atoms with E-state index in [0.29, 0.717) is 18.0 Å². The van der Waals surface area contributed by atoms with Gasteiger partial charge in [0.1, 0.15) is 0 Å². The molecule has 1 aliphatic heterocycles. The van der Waals surface area contributed by atoms with Crippen LogP contribution in [0.2, 0.25) is 5.02 Å². The number of carbonyl (C=O) groups is 1. The van der Waals surface area contributed by atoms with Crippen LogP contribution in [0.15, 0.2) is 24.4 Å². The van der Waals surface area contributed by atoms with Gasteiger partial charge >= 0.3 is 0 Å². The second-order valence-electron chi connectivity index (χ2n) is 5.71. The number of hydrogen-bond acceptors (Lipinski definition) is 2. The number of aliphatic hydroxyl groups is 1. The van der Waals surface area contributed by atoms with E-state index >= 15 is 0 Å². The first-order chi connectivity index (χ1) is 10.2. The van der Waals surface area contributed by atoms with Crippen molar-refractivity contribution in [3.63, 3.8) is 0 Å². The van der Waals surface area contributed by atoms with Crippen LogP contribution in [0.4, 0.5) is 0 Å². The van der Waals surface area contributed by atoms with E-state index in [4.69, 9.17) is 11.6 Å². The topological polar surface area (TPSA) is 56.3 Å². The van der Waals surface area contributed by atoms with Gasteiger partial charge < -0.3 is 15.0 Å². The van der Waals surface area contributed by atoms with Gasteiger partial charge in [-0.25, -0.2) is 0 Å². The number of benzene rings is 1. The van der Waals surface area contributed by atoms with Crippen LogP contribution in [0.25, 0.3) is 10.9 Å². The van der Waals surface area contributed by atoms with Crippen molar-refractivity contribution in [2.45, 2.75) is 19.3 Å². The van der Waals surface area contributed by atoms with Gasteiger partial charge in [-0.2, -0.15) is 0 Å². The first-order valence-electron chi connectivity index (χ1n) is 7.31. The van der Waals surface area contributed by atoms with E-state index < -0.39 is 0 Å². The Hall–Kier alpha value is -1.52. The molecule has 2 N–H and O–H groups in total. The number of aromatic nitrogens is 1. The fourth-order valence-corrected chi connectivity index (χ4v) is 3.18. The summed E-state index contributed by atoms with van der Waals surface area (Å²) in [7, 11) is 0. The van der Waals surface area contributed by atoms with Crippen LogP contribution >= 0.6 is 11.6 Å². The highest BCUT2D eigenvalue weighted by Gasteiger charge is 2.23. The minimum atomic E-state index is 0.119. The lowest BCUT2D eigenvalue weighted by Crippen LogP contribution is -2.41. The number of aromatic amines is 1. The van der Waals surface area contributed by atoms with Crippen LogP contribution in [-0.2, 0) is 11.2 Å². The molecule has 3 rings (SSSR count). The van der Waals surface area contributed by atoms with Crippen molar-refractivity contribution in [2.75, 3.05) is 19.7 Å². The maximum Gasteiger partial charge on any atom is 0.227 e. The number of nitrogens with one attached hydrogen (secondary N) is 1. The number of H-pyrrole nitrogens is 1. The molecule has 1 aromatic carbocycles. The number of rotatable bonds is 3. The molecule has 1 saturated heterocycles. The number of piperidine rings is 1. The van der Waals surface area contributed by atoms with Gasteiger partial charge in [0, 0.05) is 41.8 Å². The Morgan fingerprint density at radius 2 is 2.33 bits per heavy atom. The summed E-state index contributed by atoms with van der Waals surface area (Å²) in [6.07, 6.45) is 4.23. The minimum absolute atomic E-state index is 0.119. The zero-order chi connectivity index (χ0) is 14.8. The molecule has 5 heteroatoms. The number of fused-ring (bicyclic) bond motifs is 1. The molecule has 1 aliphatic rings. The molecule has 1 aromatic heterocycles. The Kier molecular flexibility index (Phi) is 4.17. The van der Waals surface area contributed by atoms with Gasteiger partial charge in [-0.05, 0) is 42.5 Å².